The summed E-state index contributed by atoms with van der Waals surface area (Å²) in [7, 11) is 3.83. The van der Waals surface area contributed by atoms with Gasteiger partial charge in [-0.25, -0.2) is 10.2 Å². The van der Waals surface area contributed by atoms with E-state index in [1.165, 1.54) is 0 Å². The van der Waals surface area contributed by atoms with Gasteiger partial charge in [0.2, 0.25) is 0 Å². The molecule has 7 heteroatoms. The molecule has 0 heterocycles. The zero-order chi connectivity index (χ0) is 20.2. The second-order valence-corrected chi connectivity index (χ2v) is 6.09. The van der Waals surface area contributed by atoms with Gasteiger partial charge in [-0.15, -0.1) is 0 Å². The number of carbonyl (C=O) groups is 2. The minimum absolute atomic E-state index is 0.0773. The Balaban J connectivity index is 1.58. The number of carbonyl (C=O) groups excluding carboxylic acids is 2. The van der Waals surface area contributed by atoms with E-state index in [2.05, 4.69) is 10.9 Å². The molecule has 2 N–H and O–H groups in total. The number of anilines is 1. The molecule has 0 aromatic heterocycles. The molecule has 0 aliphatic heterocycles. The Morgan fingerprint density at radius 1 is 0.929 bits per heavy atom. The largest absolute Gasteiger partial charge is 0.444 e. The first-order valence-corrected chi connectivity index (χ1v) is 8.83. The van der Waals surface area contributed by atoms with Gasteiger partial charge < -0.3 is 14.4 Å². The predicted molar refractivity (Wildman–Crippen MR) is 108 cm³/mol. The minimum atomic E-state index is -0.742. The Morgan fingerprint density at radius 2 is 1.61 bits per heavy atom. The van der Waals surface area contributed by atoms with Gasteiger partial charge in [0, 0.05) is 25.3 Å². The number of nitrogens with zero attached hydrogens (tertiary/aromatic N) is 1. The normalized spacial score (nSPS) is 10.5. The summed E-state index contributed by atoms with van der Waals surface area (Å²) in [5.41, 5.74) is 7.01. The Morgan fingerprint density at radius 3 is 2.29 bits per heavy atom. The van der Waals surface area contributed by atoms with Crippen LogP contribution in [0.5, 0.6) is 0 Å². The van der Waals surface area contributed by atoms with E-state index in [0.29, 0.717) is 18.8 Å². The van der Waals surface area contributed by atoms with Crippen molar-refractivity contribution in [3.63, 3.8) is 0 Å². The highest BCUT2D eigenvalue weighted by atomic mass is 16.6. The topological polar surface area (TPSA) is 79.9 Å². The van der Waals surface area contributed by atoms with Crippen molar-refractivity contribution in [2.45, 2.75) is 6.61 Å². The third kappa shape index (κ3) is 7.51. The summed E-state index contributed by atoms with van der Waals surface area (Å²) in [5, 5.41) is 0. The van der Waals surface area contributed by atoms with Gasteiger partial charge in [-0.1, -0.05) is 36.4 Å². The lowest BCUT2D eigenvalue weighted by Crippen LogP contribution is -2.41. The molecule has 0 spiro atoms. The zero-order valence-corrected chi connectivity index (χ0v) is 16.1. The third-order valence-corrected chi connectivity index (χ3v) is 3.73. The van der Waals surface area contributed by atoms with Crippen LogP contribution >= 0.6 is 0 Å². The third-order valence-electron chi connectivity index (χ3n) is 3.73. The predicted octanol–water partition coefficient (Wildman–Crippen LogP) is 2.90. The molecule has 2 aromatic carbocycles. The van der Waals surface area contributed by atoms with Crippen LogP contribution in [-0.4, -0.2) is 39.3 Å². The highest BCUT2D eigenvalue weighted by molar-refractivity contribution is 5.95. The van der Waals surface area contributed by atoms with Crippen molar-refractivity contribution in [3.8, 4) is 0 Å². The molecular formula is C21H25N3O4. The average Bonchev–Trinajstić information content (AvgIpc) is 2.72. The summed E-state index contributed by atoms with van der Waals surface area (Å²) in [6.45, 7) is 1.02. The summed E-state index contributed by atoms with van der Waals surface area (Å²) in [5.74, 6) is -0.424. The standard InChI is InChI=1S/C21H25N3O4/c1-24(2)19-12-10-18(11-13-19)20(25)22-23-21(26)28-15-7-6-14-27-16-17-8-4-3-5-9-17/h3-13H,14-16H2,1-2H3,(H,22,25)(H,23,26)/b7-6+. The van der Waals surface area contributed by atoms with E-state index in [-0.39, 0.29) is 6.61 Å². The van der Waals surface area contributed by atoms with Crippen LogP contribution in [0.3, 0.4) is 0 Å². The zero-order valence-electron chi connectivity index (χ0n) is 16.1. The molecule has 0 bridgehead atoms. The minimum Gasteiger partial charge on any atom is -0.444 e. The van der Waals surface area contributed by atoms with Crippen molar-refractivity contribution in [2.24, 2.45) is 0 Å². The lowest BCUT2D eigenvalue weighted by molar-refractivity contribution is 0.0915. The van der Waals surface area contributed by atoms with Crippen molar-refractivity contribution in [1.82, 2.24) is 10.9 Å². The molecule has 7 nitrogen and oxygen atoms in total. The number of ether oxygens (including phenoxy) is 2. The Bertz CT molecular complexity index is 774. The number of hydrazine groups is 1. The van der Waals surface area contributed by atoms with Crippen LogP contribution in [0.1, 0.15) is 15.9 Å². The van der Waals surface area contributed by atoms with E-state index in [0.717, 1.165) is 11.3 Å². The molecule has 0 aliphatic rings. The average molecular weight is 383 g/mol. The first kappa shape index (κ1) is 21.0. The van der Waals surface area contributed by atoms with E-state index in [1.807, 2.05) is 61.5 Å². The number of hydrogen-bond acceptors (Lipinski definition) is 5. The second-order valence-electron chi connectivity index (χ2n) is 6.09. The summed E-state index contributed by atoms with van der Waals surface area (Å²) in [6.07, 6.45) is 2.70. The van der Waals surface area contributed by atoms with Crippen LogP contribution in [0.4, 0.5) is 10.5 Å². The van der Waals surface area contributed by atoms with Crippen molar-refractivity contribution < 1.29 is 19.1 Å². The Hall–Kier alpha value is -3.32. The Labute approximate surface area is 164 Å². The molecule has 0 atom stereocenters. The van der Waals surface area contributed by atoms with Gasteiger partial charge in [-0.3, -0.25) is 10.2 Å². The van der Waals surface area contributed by atoms with Gasteiger partial charge in [0.15, 0.2) is 0 Å². The summed E-state index contributed by atoms with van der Waals surface area (Å²) >= 11 is 0. The molecule has 2 amide bonds. The highest BCUT2D eigenvalue weighted by Gasteiger charge is 2.07. The molecule has 0 fully saturated rings. The number of amides is 2. The summed E-state index contributed by atoms with van der Waals surface area (Å²) in [4.78, 5) is 25.5. The lowest BCUT2D eigenvalue weighted by atomic mass is 10.2. The molecule has 0 aliphatic carbocycles. The van der Waals surface area contributed by atoms with Crippen LogP contribution in [0.15, 0.2) is 66.7 Å². The number of nitrogens with one attached hydrogen (secondary N) is 2. The van der Waals surface area contributed by atoms with Crippen molar-refractivity contribution in [3.05, 3.63) is 77.9 Å². The first-order chi connectivity index (χ1) is 13.6. The lowest BCUT2D eigenvalue weighted by Gasteiger charge is -2.12. The molecule has 0 saturated heterocycles. The molecule has 0 radical (unpaired) electrons. The summed E-state index contributed by atoms with van der Waals surface area (Å²) in [6, 6.07) is 16.8. The van der Waals surface area contributed by atoms with Gasteiger partial charge in [-0.05, 0) is 35.9 Å². The van der Waals surface area contributed by atoms with Crippen LogP contribution < -0.4 is 15.8 Å². The quantitative estimate of drug-likeness (QED) is 0.416. The van der Waals surface area contributed by atoms with Gasteiger partial charge in [0.1, 0.15) is 6.61 Å². The molecule has 2 rings (SSSR count). The van der Waals surface area contributed by atoms with Gasteiger partial charge in [0.25, 0.3) is 5.91 Å². The van der Waals surface area contributed by atoms with Crippen molar-refractivity contribution in [1.29, 1.82) is 0 Å². The van der Waals surface area contributed by atoms with Gasteiger partial charge in [0.05, 0.1) is 13.2 Å². The number of hydrogen-bond donors (Lipinski definition) is 2. The maximum absolute atomic E-state index is 12.0. The maximum atomic E-state index is 12.0. The smallest absolute Gasteiger partial charge is 0.426 e. The van der Waals surface area contributed by atoms with E-state index in [4.69, 9.17) is 9.47 Å². The highest BCUT2D eigenvalue weighted by Crippen LogP contribution is 2.11. The van der Waals surface area contributed by atoms with Crippen LogP contribution in [-0.2, 0) is 16.1 Å². The van der Waals surface area contributed by atoms with Crippen LogP contribution in [0.2, 0.25) is 0 Å². The van der Waals surface area contributed by atoms with Gasteiger partial charge >= 0.3 is 6.09 Å². The number of rotatable bonds is 8. The second kappa shape index (κ2) is 11.4. The Kier molecular flexibility index (Phi) is 8.55. The molecule has 28 heavy (non-hydrogen) atoms. The van der Waals surface area contributed by atoms with E-state index in [1.54, 1.807) is 24.3 Å². The molecule has 2 aromatic rings. The van der Waals surface area contributed by atoms with Crippen molar-refractivity contribution >= 4 is 17.7 Å². The molecule has 148 valence electrons. The van der Waals surface area contributed by atoms with Gasteiger partial charge in [-0.2, -0.15) is 0 Å². The first-order valence-electron chi connectivity index (χ1n) is 8.83. The molecule has 0 saturated carbocycles. The van der Waals surface area contributed by atoms with E-state index < -0.39 is 12.0 Å². The fourth-order valence-electron chi connectivity index (χ4n) is 2.21. The van der Waals surface area contributed by atoms with Crippen LogP contribution in [0, 0.1) is 0 Å². The monoisotopic (exact) mass is 383 g/mol. The van der Waals surface area contributed by atoms with E-state index in [9.17, 15) is 9.59 Å². The molecule has 0 unspecified atom stereocenters. The maximum Gasteiger partial charge on any atom is 0.426 e. The number of benzene rings is 2. The fraction of sp³-hybridized carbons (Fsp3) is 0.238. The van der Waals surface area contributed by atoms with E-state index >= 15 is 0 Å². The van der Waals surface area contributed by atoms with Crippen molar-refractivity contribution in [2.75, 3.05) is 32.2 Å². The molecular weight excluding hydrogens is 358 g/mol. The SMILES string of the molecule is CN(C)c1ccc(C(=O)NNC(=O)OC/C=C/COCc2ccccc2)cc1. The fourth-order valence-corrected chi connectivity index (χ4v) is 2.21. The summed E-state index contributed by atoms with van der Waals surface area (Å²) < 4.78 is 10.4. The van der Waals surface area contributed by atoms with Crippen LogP contribution in [0.25, 0.3) is 0 Å².